The lowest BCUT2D eigenvalue weighted by molar-refractivity contribution is -0.143. The Labute approximate surface area is 181 Å². The molecule has 0 radical (unpaired) electrons. The van der Waals surface area contributed by atoms with Crippen LogP contribution in [0.15, 0.2) is 0 Å². The van der Waals surface area contributed by atoms with Crippen molar-refractivity contribution in [3.8, 4) is 0 Å². The van der Waals surface area contributed by atoms with Gasteiger partial charge < -0.3 is 19.7 Å². The molecule has 0 aromatic carbocycles. The first-order valence-corrected chi connectivity index (χ1v) is 11.9. The molecule has 1 aromatic heterocycles. The largest absolute Gasteiger partial charge is 0.449 e. The third-order valence-electron chi connectivity index (χ3n) is 6.29. The number of thiophene rings is 1. The maximum absolute atomic E-state index is 13.1. The minimum absolute atomic E-state index is 0.00103. The number of nitrogens with zero attached hydrogens (tertiary/aromatic N) is 1. The molecular formula is C22H30N2O5S. The number of aryl methyl sites for hydroxylation is 1. The van der Waals surface area contributed by atoms with E-state index in [1.807, 2.05) is 0 Å². The lowest BCUT2D eigenvalue weighted by Gasteiger charge is -2.29. The maximum Gasteiger partial charge on any atom is 0.342 e. The van der Waals surface area contributed by atoms with Gasteiger partial charge in [-0.3, -0.25) is 9.59 Å². The molecule has 1 N–H and O–H groups in total. The minimum Gasteiger partial charge on any atom is -0.449 e. The van der Waals surface area contributed by atoms with Gasteiger partial charge in [0, 0.05) is 23.9 Å². The summed E-state index contributed by atoms with van der Waals surface area (Å²) in [5.74, 6) is -0.698. The summed E-state index contributed by atoms with van der Waals surface area (Å²) >= 11 is 1.49. The van der Waals surface area contributed by atoms with Crippen molar-refractivity contribution in [2.24, 2.45) is 5.92 Å². The monoisotopic (exact) mass is 434 g/mol. The molecule has 1 aliphatic heterocycles. The van der Waals surface area contributed by atoms with Crippen LogP contribution in [0, 0.1) is 5.92 Å². The number of fused-ring (bicyclic) bond motifs is 1. The highest BCUT2D eigenvalue weighted by Crippen LogP contribution is 2.40. The molecular weight excluding hydrogens is 404 g/mol. The molecule has 2 heterocycles. The molecule has 0 unspecified atom stereocenters. The summed E-state index contributed by atoms with van der Waals surface area (Å²) in [6, 6.07) is 0. The van der Waals surface area contributed by atoms with Gasteiger partial charge in [0.25, 0.3) is 5.91 Å². The predicted octanol–water partition coefficient (Wildman–Crippen LogP) is 3.16. The predicted molar refractivity (Wildman–Crippen MR) is 114 cm³/mol. The number of morpholine rings is 1. The van der Waals surface area contributed by atoms with Gasteiger partial charge in [0.2, 0.25) is 5.91 Å². The topological polar surface area (TPSA) is 84.9 Å². The van der Waals surface area contributed by atoms with Crippen LogP contribution in [0.25, 0.3) is 0 Å². The SMILES string of the molecule is C[C@H](OC(=O)c1c(NC(=O)C2CCCCC2)sc2c1CCC2)C(=O)N1CCOCC1. The number of carbonyl (C=O) groups excluding carboxylic acids is 3. The Kier molecular flexibility index (Phi) is 6.73. The van der Waals surface area contributed by atoms with Crippen LogP contribution < -0.4 is 5.32 Å². The Morgan fingerprint density at radius 3 is 2.57 bits per heavy atom. The van der Waals surface area contributed by atoms with E-state index in [0.29, 0.717) is 36.9 Å². The van der Waals surface area contributed by atoms with Crippen LogP contribution in [0.3, 0.4) is 0 Å². The van der Waals surface area contributed by atoms with E-state index in [1.54, 1.807) is 11.8 Å². The summed E-state index contributed by atoms with van der Waals surface area (Å²) in [4.78, 5) is 41.3. The van der Waals surface area contributed by atoms with E-state index >= 15 is 0 Å². The highest BCUT2D eigenvalue weighted by Gasteiger charge is 2.33. The van der Waals surface area contributed by atoms with E-state index in [9.17, 15) is 14.4 Å². The van der Waals surface area contributed by atoms with Crippen LogP contribution in [0.4, 0.5) is 5.00 Å². The van der Waals surface area contributed by atoms with E-state index in [4.69, 9.17) is 9.47 Å². The number of ether oxygens (including phenoxy) is 2. The quantitative estimate of drug-likeness (QED) is 0.720. The summed E-state index contributed by atoms with van der Waals surface area (Å²) < 4.78 is 10.9. The van der Waals surface area contributed by atoms with Crippen molar-refractivity contribution in [1.29, 1.82) is 0 Å². The summed E-state index contributed by atoms with van der Waals surface area (Å²) in [5, 5.41) is 3.61. The zero-order chi connectivity index (χ0) is 21.1. The molecule has 2 fully saturated rings. The molecule has 1 saturated heterocycles. The molecule has 2 aliphatic carbocycles. The van der Waals surface area contributed by atoms with Gasteiger partial charge in [-0.05, 0) is 44.6 Å². The molecule has 0 bridgehead atoms. The van der Waals surface area contributed by atoms with Crippen LogP contribution in [-0.2, 0) is 31.9 Å². The number of carbonyl (C=O) groups is 3. The number of esters is 1. The Morgan fingerprint density at radius 1 is 1.10 bits per heavy atom. The number of nitrogens with one attached hydrogen (secondary N) is 1. The van der Waals surface area contributed by atoms with Gasteiger partial charge in [-0.2, -0.15) is 0 Å². The Hall–Kier alpha value is -1.93. The van der Waals surface area contributed by atoms with Crippen LogP contribution in [0.5, 0.6) is 0 Å². The Bertz CT molecular complexity index is 809. The normalized spacial score (nSPS) is 20.5. The van der Waals surface area contributed by atoms with E-state index in [-0.39, 0.29) is 17.7 Å². The van der Waals surface area contributed by atoms with Gasteiger partial charge >= 0.3 is 5.97 Å². The number of rotatable bonds is 5. The fourth-order valence-electron chi connectivity index (χ4n) is 4.60. The van der Waals surface area contributed by atoms with Crippen molar-refractivity contribution in [2.75, 3.05) is 31.6 Å². The van der Waals surface area contributed by atoms with E-state index < -0.39 is 12.1 Å². The van der Waals surface area contributed by atoms with E-state index in [2.05, 4.69) is 5.32 Å². The molecule has 8 heteroatoms. The summed E-state index contributed by atoms with van der Waals surface area (Å²) in [7, 11) is 0. The summed E-state index contributed by atoms with van der Waals surface area (Å²) in [5.41, 5.74) is 1.44. The first-order valence-electron chi connectivity index (χ1n) is 11.1. The van der Waals surface area contributed by atoms with Gasteiger partial charge in [0.05, 0.1) is 18.8 Å². The maximum atomic E-state index is 13.1. The Morgan fingerprint density at radius 2 is 1.83 bits per heavy atom. The fourth-order valence-corrected chi connectivity index (χ4v) is 5.88. The molecule has 2 amide bonds. The average molecular weight is 435 g/mol. The molecule has 1 atom stereocenters. The smallest absolute Gasteiger partial charge is 0.342 e. The van der Waals surface area contributed by atoms with Crippen molar-refractivity contribution in [1.82, 2.24) is 4.90 Å². The molecule has 3 aliphatic rings. The second kappa shape index (κ2) is 9.47. The highest BCUT2D eigenvalue weighted by atomic mass is 32.1. The molecule has 1 aromatic rings. The zero-order valence-electron chi connectivity index (χ0n) is 17.5. The van der Waals surface area contributed by atoms with Gasteiger partial charge in [-0.15, -0.1) is 11.3 Å². The minimum atomic E-state index is -0.866. The van der Waals surface area contributed by atoms with Crippen LogP contribution in [0.2, 0.25) is 0 Å². The van der Waals surface area contributed by atoms with Crippen molar-refractivity contribution in [2.45, 2.75) is 64.4 Å². The molecule has 0 spiro atoms. The van der Waals surface area contributed by atoms with E-state index in [1.165, 1.54) is 17.8 Å². The lowest BCUT2D eigenvalue weighted by Crippen LogP contribution is -2.46. The molecule has 4 rings (SSSR count). The summed E-state index contributed by atoms with van der Waals surface area (Å²) in [6.45, 7) is 3.64. The second-order valence-electron chi connectivity index (χ2n) is 8.37. The Balaban J connectivity index is 1.47. The standard InChI is InChI=1S/C22H30N2O5S/c1-14(21(26)24-10-12-28-13-11-24)29-22(27)18-16-8-5-9-17(16)30-20(18)23-19(25)15-6-3-2-4-7-15/h14-15H,2-13H2,1H3,(H,23,25)/t14-/m0/s1. The number of hydrogen-bond acceptors (Lipinski definition) is 6. The lowest BCUT2D eigenvalue weighted by atomic mass is 9.89. The third kappa shape index (κ3) is 4.54. The van der Waals surface area contributed by atoms with Gasteiger partial charge in [0.1, 0.15) is 5.00 Å². The highest BCUT2D eigenvalue weighted by molar-refractivity contribution is 7.17. The van der Waals surface area contributed by atoms with Crippen LogP contribution in [0.1, 0.15) is 66.2 Å². The average Bonchev–Trinajstić information content (AvgIpc) is 3.35. The molecule has 30 heavy (non-hydrogen) atoms. The fraction of sp³-hybridized carbons (Fsp3) is 0.682. The zero-order valence-corrected chi connectivity index (χ0v) is 18.4. The van der Waals surface area contributed by atoms with E-state index in [0.717, 1.165) is 55.4 Å². The second-order valence-corrected chi connectivity index (χ2v) is 9.48. The molecule has 164 valence electrons. The van der Waals surface area contributed by atoms with Crippen molar-refractivity contribution >= 4 is 34.1 Å². The first kappa shape index (κ1) is 21.3. The van der Waals surface area contributed by atoms with Crippen LogP contribution >= 0.6 is 11.3 Å². The van der Waals surface area contributed by atoms with Gasteiger partial charge in [-0.1, -0.05) is 19.3 Å². The van der Waals surface area contributed by atoms with Crippen molar-refractivity contribution in [3.63, 3.8) is 0 Å². The number of hydrogen-bond donors (Lipinski definition) is 1. The third-order valence-corrected chi connectivity index (χ3v) is 7.50. The number of amides is 2. The van der Waals surface area contributed by atoms with Crippen LogP contribution in [-0.4, -0.2) is 55.1 Å². The van der Waals surface area contributed by atoms with Gasteiger partial charge in [0.15, 0.2) is 6.10 Å². The molecule has 7 nitrogen and oxygen atoms in total. The van der Waals surface area contributed by atoms with Crippen molar-refractivity contribution < 1.29 is 23.9 Å². The first-order chi connectivity index (χ1) is 14.5. The summed E-state index contributed by atoms with van der Waals surface area (Å²) in [6.07, 6.45) is 7.01. The number of anilines is 1. The molecule has 1 saturated carbocycles. The van der Waals surface area contributed by atoms with Crippen molar-refractivity contribution in [3.05, 3.63) is 16.0 Å². The van der Waals surface area contributed by atoms with Gasteiger partial charge in [-0.25, -0.2) is 4.79 Å².